The molecule has 0 atom stereocenters. The van der Waals surface area contributed by atoms with Crippen LogP contribution in [-0.4, -0.2) is 16.2 Å². The third-order valence-corrected chi connectivity index (χ3v) is 1.69. The van der Waals surface area contributed by atoms with E-state index in [1.807, 2.05) is 0 Å². The lowest BCUT2D eigenvalue weighted by Crippen LogP contribution is -2.20. The molecule has 1 amide bonds. The van der Waals surface area contributed by atoms with Gasteiger partial charge in [0.05, 0.1) is 12.2 Å². The zero-order valence-corrected chi connectivity index (χ0v) is 7.71. The molecule has 0 bridgehead atoms. The Morgan fingerprint density at radius 2 is 2.50 bits per heavy atom. The van der Waals surface area contributed by atoms with Gasteiger partial charge in [0.25, 0.3) is 0 Å². The molecule has 0 saturated heterocycles. The van der Waals surface area contributed by atoms with Gasteiger partial charge in [-0.05, 0) is 12.1 Å². The van der Waals surface area contributed by atoms with Gasteiger partial charge in [-0.15, -0.1) is 0 Å². The second-order valence-corrected chi connectivity index (χ2v) is 3.04. The Hall–Kier alpha value is -1.10. The maximum Gasteiger partial charge on any atom is 0.404 e. The van der Waals surface area contributed by atoms with Crippen molar-refractivity contribution < 1.29 is 9.90 Å². The van der Waals surface area contributed by atoms with Crippen LogP contribution in [0.1, 0.15) is 5.69 Å². The van der Waals surface area contributed by atoms with E-state index in [-0.39, 0.29) is 6.54 Å². The predicted octanol–water partition coefficient (Wildman–Crippen LogP) is 1.61. The van der Waals surface area contributed by atoms with Gasteiger partial charge in [0, 0.05) is 10.7 Å². The molecule has 0 saturated carbocycles. The van der Waals surface area contributed by atoms with Gasteiger partial charge in [-0.1, -0.05) is 15.9 Å². The van der Waals surface area contributed by atoms with Gasteiger partial charge >= 0.3 is 6.09 Å². The first-order valence-corrected chi connectivity index (χ1v) is 4.05. The van der Waals surface area contributed by atoms with Crippen LogP contribution in [0.2, 0.25) is 0 Å². The lowest BCUT2D eigenvalue weighted by atomic mass is 10.3. The number of rotatable bonds is 2. The van der Waals surface area contributed by atoms with Crippen LogP contribution >= 0.6 is 15.9 Å². The molecule has 0 aliphatic carbocycles. The normalized spacial score (nSPS) is 9.42. The van der Waals surface area contributed by atoms with Crippen molar-refractivity contribution in [2.45, 2.75) is 6.54 Å². The monoisotopic (exact) mass is 230 g/mol. The molecule has 1 rings (SSSR count). The molecule has 5 heteroatoms. The van der Waals surface area contributed by atoms with Gasteiger partial charge in [0.1, 0.15) is 0 Å². The Kier molecular flexibility index (Phi) is 3.04. The van der Waals surface area contributed by atoms with Crippen LogP contribution in [0.3, 0.4) is 0 Å². The Morgan fingerprint density at radius 1 is 1.75 bits per heavy atom. The molecule has 2 N–H and O–H groups in total. The summed E-state index contributed by atoms with van der Waals surface area (Å²) in [5.41, 5.74) is 0.687. The van der Waals surface area contributed by atoms with Crippen molar-refractivity contribution in [1.29, 1.82) is 0 Å². The largest absolute Gasteiger partial charge is 0.465 e. The molecule has 4 nitrogen and oxygen atoms in total. The second-order valence-electron chi connectivity index (χ2n) is 2.12. The average molecular weight is 231 g/mol. The van der Waals surface area contributed by atoms with Crippen molar-refractivity contribution in [3.63, 3.8) is 0 Å². The van der Waals surface area contributed by atoms with Crippen molar-refractivity contribution >= 4 is 22.0 Å². The van der Waals surface area contributed by atoms with Gasteiger partial charge in [-0.25, -0.2) is 4.79 Å². The van der Waals surface area contributed by atoms with E-state index in [0.717, 1.165) is 4.47 Å². The average Bonchev–Trinajstić information content (AvgIpc) is 2.01. The Labute approximate surface area is 77.8 Å². The van der Waals surface area contributed by atoms with E-state index in [1.54, 1.807) is 18.3 Å². The zero-order chi connectivity index (χ0) is 8.97. The molecule has 0 aromatic carbocycles. The molecule has 12 heavy (non-hydrogen) atoms. The van der Waals surface area contributed by atoms with Crippen molar-refractivity contribution in [3.05, 3.63) is 28.5 Å². The first-order valence-electron chi connectivity index (χ1n) is 3.25. The Balaban J connectivity index is 2.57. The molecular formula is C7H7BrN2O2. The third-order valence-electron chi connectivity index (χ3n) is 1.20. The summed E-state index contributed by atoms with van der Waals surface area (Å²) in [6, 6.07) is 3.54. The van der Waals surface area contributed by atoms with E-state index < -0.39 is 6.09 Å². The molecule has 0 unspecified atom stereocenters. The Morgan fingerprint density at radius 3 is 3.08 bits per heavy atom. The van der Waals surface area contributed by atoms with Crippen LogP contribution in [0.15, 0.2) is 22.8 Å². The van der Waals surface area contributed by atoms with E-state index in [4.69, 9.17) is 5.11 Å². The van der Waals surface area contributed by atoms with Crippen molar-refractivity contribution in [3.8, 4) is 0 Å². The molecule has 0 spiro atoms. The number of nitrogens with zero attached hydrogens (tertiary/aromatic N) is 1. The maximum absolute atomic E-state index is 10.1. The summed E-state index contributed by atoms with van der Waals surface area (Å²) < 4.78 is 0.889. The smallest absolute Gasteiger partial charge is 0.404 e. The first-order chi connectivity index (χ1) is 5.68. The van der Waals surface area contributed by atoms with Crippen molar-refractivity contribution in [2.75, 3.05) is 0 Å². The molecule has 0 aliphatic heterocycles. The highest BCUT2D eigenvalue weighted by Crippen LogP contribution is 2.08. The SMILES string of the molecule is O=C(O)NCc1cc(Br)ccn1. The van der Waals surface area contributed by atoms with E-state index in [2.05, 4.69) is 26.2 Å². The molecule has 0 radical (unpaired) electrons. The van der Waals surface area contributed by atoms with Crippen molar-refractivity contribution in [2.24, 2.45) is 0 Å². The minimum Gasteiger partial charge on any atom is -0.465 e. The summed E-state index contributed by atoms with van der Waals surface area (Å²) in [5, 5.41) is 10.5. The summed E-state index contributed by atoms with van der Waals surface area (Å²) >= 11 is 3.25. The minimum atomic E-state index is -1.04. The molecule has 64 valence electrons. The van der Waals surface area contributed by atoms with Gasteiger partial charge in [0.15, 0.2) is 0 Å². The summed E-state index contributed by atoms with van der Waals surface area (Å²) in [7, 11) is 0. The van der Waals surface area contributed by atoms with E-state index in [9.17, 15) is 4.79 Å². The lowest BCUT2D eigenvalue weighted by Gasteiger charge is -1.99. The fourth-order valence-electron chi connectivity index (χ4n) is 0.712. The number of pyridine rings is 1. The second kappa shape index (κ2) is 4.06. The Bertz CT molecular complexity index is 290. The van der Waals surface area contributed by atoms with Crippen LogP contribution in [-0.2, 0) is 6.54 Å². The van der Waals surface area contributed by atoms with E-state index in [1.165, 1.54) is 0 Å². The number of carboxylic acid groups (broad SMARTS) is 1. The van der Waals surface area contributed by atoms with E-state index in [0.29, 0.717) is 5.69 Å². The highest BCUT2D eigenvalue weighted by atomic mass is 79.9. The zero-order valence-electron chi connectivity index (χ0n) is 6.12. The highest BCUT2D eigenvalue weighted by molar-refractivity contribution is 9.10. The summed E-state index contributed by atoms with van der Waals surface area (Å²) in [5.74, 6) is 0. The number of aromatic nitrogens is 1. The van der Waals surface area contributed by atoms with Crippen LogP contribution in [0.5, 0.6) is 0 Å². The van der Waals surface area contributed by atoms with Gasteiger partial charge in [-0.2, -0.15) is 0 Å². The molecule has 1 aromatic rings. The number of amides is 1. The summed E-state index contributed by atoms with van der Waals surface area (Å²) in [6.45, 7) is 0.231. The van der Waals surface area contributed by atoms with Crippen LogP contribution in [0.25, 0.3) is 0 Å². The predicted molar refractivity (Wildman–Crippen MR) is 46.8 cm³/mol. The van der Waals surface area contributed by atoms with Crippen LogP contribution < -0.4 is 5.32 Å². The van der Waals surface area contributed by atoms with Gasteiger partial charge in [0.2, 0.25) is 0 Å². The molecule has 0 fully saturated rings. The fourth-order valence-corrected chi connectivity index (χ4v) is 1.09. The standard InChI is InChI=1S/C7H7BrN2O2/c8-5-1-2-9-6(3-5)4-10-7(11)12/h1-3,10H,4H2,(H,11,12). The quantitative estimate of drug-likeness (QED) is 0.812. The fraction of sp³-hybridized carbons (Fsp3) is 0.143. The summed E-state index contributed by atoms with van der Waals surface area (Å²) in [4.78, 5) is 14.1. The van der Waals surface area contributed by atoms with Gasteiger partial charge in [-0.3, -0.25) is 4.98 Å². The number of carbonyl (C=O) groups is 1. The number of nitrogens with one attached hydrogen (secondary N) is 1. The third kappa shape index (κ3) is 2.87. The lowest BCUT2D eigenvalue weighted by molar-refractivity contribution is 0.194. The molecule has 0 aliphatic rings. The number of hydrogen-bond acceptors (Lipinski definition) is 2. The number of hydrogen-bond donors (Lipinski definition) is 2. The van der Waals surface area contributed by atoms with Crippen LogP contribution in [0.4, 0.5) is 4.79 Å². The molecular weight excluding hydrogens is 224 g/mol. The van der Waals surface area contributed by atoms with Crippen LogP contribution in [0, 0.1) is 0 Å². The van der Waals surface area contributed by atoms with E-state index >= 15 is 0 Å². The topological polar surface area (TPSA) is 62.2 Å². The molecule has 1 heterocycles. The number of halogens is 1. The maximum atomic E-state index is 10.1. The highest BCUT2D eigenvalue weighted by Gasteiger charge is 1.97. The van der Waals surface area contributed by atoms with Crippen molar-refractivity contribution in [1.82, 2.24) is 10.3 Å². The first kappa shape index (κ1) is 8.99. The minimum absolute atomic E-state index is 0.231. The van der Waals surface area contributed by atoms with Gasteiger partial charge < -0.3 is 10.4 Å². The summed E-state index contributed by atoms with van der Waals surface area (Å²) in [6.07, 6.45) is 0.569. The molecule has 1 aromatic heterocycles.